The third-order valence-electron chi connectivity index (χ3n) is 5.04. The third-order valence-corrected chi connectivity index (χ3v) is 5.98. The summed E-state index contributed by atoms with van der Waals surface area (Å²) in [4.78, 5) is 16.0. The molecular formula is C20H21NO2S. The Morgan fingerprint density at radius 3 is 2.42 bits per heavy atom. The van der Waals surface area contributed by atoms with Gasteiger partial charge in [0, 0.05) is 33.6 Å². The van der Waals surface area contributed by atoms with Crippen LogP contribution in [-0.2, 0) is 17.2 Å². The Balaban J connectivity index is 1.64. The van der Waals surface area contributed by atoms with E-state index in [2.05, 4.69) is 29.2 Å². The molecule has 2 aromatic carbocycles. The molecule has 2 atom stereocenters. The smallest absolute Gasteiger partial charge is 0.254 e. The van der Waals surface area contributed by atoms with Crippen molar-refractivity contribution < 1.29 is 9.00 Å². The number of amides is 1. The number of carbonyl (C=O) groups is 1. The second-order valence-corrected chi connectivity index (χ2v) is 8.06. The maximum atomic E-state index is 13.2. The van der Waals surface area contributed by atoms with Crippen molar-refractivity contribution >= 4 is 16.7 Å². The molecule has 2 aliphatic rings. The third kappa shape index (κ3) is 2.80. The average Bonchev–Trinajstić information content (AvgIpc) is 3.35. The SMILES string of the molecule is C[S@](=O)c1ccc(C(=O)N(C2CC2)[C@@H]2CCc3ccccc32)cc1. The normalized spacial score (nSPS) is 20.5. The second-order valence-electron chi connectivity index (χ2n) is 6.68. The minimum absolute atomic E-state index is 0.104. The van der Waals surface area contributed by atoms with E-state index in [-0.39, 0.29) is 11.9 Å². The fourth-order valence-corrected chi connectivity index (χ4v) is 4.20. The largest absolute Gasteiger partial charge is 0.329 e. The van der Waals surface area contributed by atoms with E-state index in [1.54, 1.807) is 18.4 Å². The highest BCUT2D eigenvalue weighted by molar-refractivity contribution is 7.84. The number of rotatable bonds is 4. The zero-order chi connectivity index (χ0) is 16.7. The molecule has 2 aromatic rings. The molecular weight excluding hydrogens is 318 g/mol. The second kappa shape index (κ2) is 6.17. The molecule has 0 unspecified atom stereocenters. The Labute approximate surface area is 145 Å². The van der Waals surface area contributed by atoms with Gasteiger partial charge in [0.15, 0.2) is 0 Å². The molecule has 1 amide bonds. The van der Waals surface area contributed by atoms with Crippen LogP contribution < -0.4 is 0 Å². The van der Waals surface area contributed by atoms with Crippen LogP contribution in [0.25, 0.3) is 0 Å². The quantitative estimate of drug-likeness (QED) is 0.851. The highest BCUT2D eigenvalue weighted by atomic mass is 32.2. The van der Waals surface area contributed by atoms with E-state index < -0.39 is 10.8 Å². The van der Waals surface area contributed by atoms with Crippen LogP contribution in [0.1, 0.15) is 46.8 Å². The van der Waals surface area contributed by atoms with Crippen molar-refractivity contribution in [3.05, 3.63) is 65.2 Å². The number of fused-ring (bicyclic) bond motifs is 1. The van der Waals surface area contributed by atoms with E-state index in [9.17, 15) is 9.00 Å². The van der Waals surface area contributed by atoms with Gasteiger partial charge in [-0.2, -0.15) is 0 Å². The van der Waals surface area contributed by atoms with Crippen molar-refractivity contribution in [1.82, 2.24) is 4.90 Å². The number of aryl methyl sites for hydroxylation is 1. The van der Waals surface area contributed by atoms with Gasteiger partial charge in [0.2, 0.25) is 0 Å². The Bertz CT molecular complexity index is 796. The predicted molar refractivity (Wildman–Crippen MR) is 95.5 cm³/mol. The van der Waals surface area contributed by atoms with E-state index in [1.165, 1.54) is 11.1 Å². The summed E-state index contributed by atoms with van der Waals surface area (Å²) in [5, 5.41) is 0. The summed E-state index contributed by atoms with van der Waals surface area (Å²) in [5.41, 5.74) is 3.38. The van der Waals surface area contributed by atoms with Gasteiger partial charge in [-0.3, -0.25) is 9.00 Å². The number of nitrogens with zero attached hydrogens (tertiary/aromatic N) is 1. The maximum absolute atomic E-state index is 13.2. The van der Waals surface area contributed by atoms with Crippen LogP contribution in [0.5, 0.6) is 0 Å². The van der Waals surface area contributed by atoms with Crippen molar-refractivity contribution in [2.24, 2.45) is 0 Å². The van der Waals surface area contributed by atoms with Gasteiger partial charge in [-0.05, 0) is 61.1 Å². The molecule has 4 rings (SSSR count). The van der Waals surface area contributed by atoms with Crippen LogP contribution in [0.15, 0.2) is 53.4 Å². The number of benzene rings is 2. The van der Waals surface area contributed by atoms with Crippen molar-refractivity contribution in [2.45, 2.75) is 42.7 Å². The molecule has 4 heteroatoms. The molecule has 0 saturated heterocycles. The van der Waals surface area contributed by atoms with E-state index in [0.29, 0.717) is 11.6 Å². The first-order chi connectivity index (χ1) is 11.6. The topological polar surface area (TPSA) is 37.4 Å². The predicted octanol–water partition coefficient (Wildman–Crippen LogP) is 3.72. The van der Waals surface area contributed by atoms with Gasteiger partial charge in [-0.1, -0.05) is 24.3 Å². The van der Waals surface area contributed by atoms with Crippen molar-refractivity contribution in [3.8, 4) is 0 Å². The van der Waals surface area contributed by atoms with Crippen molar-refractivity contribution in [2.75, 3.05) is 6.26 Å². The fourth-order valence-electron chi connectivity index (χ4n) is 3.68. The summed E-state index contributed by atoms with van der Waals surface area (Å²) in [7, 11) is -1.01. The monoisotopic (exact) mass is 339 g/mol. The van der Waals surface area contributed by atoms with Crippen molar-refractivity contribution in [3.63, 3.8) is 0 Å². The minimum Gasteiger partial charge on any atom is -0.329 e. The van der Waals surface area contributed by atoms with Gasteiger partial charge in [-0.15, -0.1) is 0 Å². The highest BCUT2D eigenvalue weighted by Gasteiger charge is 2.40. The summed E-state index contributed by atoms with van der Waals surface area (Å²) < 4.78 is 11.5. The zero-order valence-electron chi connectivity index (χ0n) is 13.8. The number of hydrogen-bond donors (Lipinski definition) is 0. The molecule has 2 aliphatic carbocycles. The van der Waals surface area contributed by atoms with Gasteiger partial charge in [0.05, 0.1) is 6.04 Å². The Kier molecular flexibility index (Phi) is 4.01. The first-order valence-corrected chi connectivity index (χ1v) is 10.0. The molecule has 1 fully saturated rings. The summed E-state index contributed by atoms with van der Waals surface area (Å²) in [6.45, 7) is 0. The Morgan fingerprint density at radius 2 is 1.75 bits per heavy atom. The lowest BCUT2D eigenvalue weighted by Crippen LogP contribution is -2.36. The Hall–Kier alpha value is -1.94. The molecule has 3 nitrogen and oxygen atoms in total. The van der Waals surface area contributed by atoms with E-state index >= 15 is 0 Å². The van der Waals surface area contributed by atoms with Gasteiger partial charge in [-0.25, -0.2) is 0 Å². The van der Waals surface area contributed by atoms with Gasteiger partial charge in [0.1, 0.15) is 0 Å². The van der Waals surface area contributed by atoms with Crippen LogP contribution >= 0.6 is 0 Å². The first kappa shape index (κ1) is 15.6. The fraction of sp³-hybridized carbons (Fsp3) is 0.350. The maximum Gasteiger partial charge on any atom is 0.254 e. The average molecular weight is 339 g/mol. The minimum atomic E-state index is -1.01. The highest BCUT2D eigenvalue weighted by Crippen LogP contribution is 2.42. The lowest BCUT2D eigenvalue weighted by Gasteiger charge is -2.30. The molecule has 0 radical (unpaired) electrons. The summed E-state index contributed by atoms with van der Waals surface area (Å²) in [6, 6.07) is 16.3. The first-order valence-electron chi connectivity index (χ1n) is 8.49. The molecule has 0 N–H and O–H groups in total. The molecule has 0 bridgehead atoms. The number of hydrogen-bond acceptors (Lipinski definition) is 2. The van der Waals surface area contributed by atoms with E-state index in [0.717, 1.165) is 30.6 Å². The lowest BCUT2D eigenvalue weighted by atomic mass is 10.1. The molecule has 124 valence electrons. The van der Waals surface area contributed by atoms with E-state index in [4.69, 9.17) is 0 Å². The van der Waals surface area contributed by atoms with Crippen LogP contribution in [0, 0.1) is 0 Å². The summed E-state index contributed by atoms with van der Waals surface area (Å²) >= 11 is 0. The lowest BCUT2D eigenvalue weighted by molar-refractivity contribution is 0.0658. The van der Waals surface area contributed by atoms with Crippen LogP contribution in [-0.4, -0.2) is 27.3 Å². The molecule has 24 heavy (non-hydrogen) atoms. The van der Waals surface area contributed by atoms with E-state index in [1.807, 2.05) is 12.1 Å². The molecule has 0 aliphatic heterocycles. The number of carbonyl (C=O) groups excluding carboxylic acids is 1. The molecule has 1 saturated carbocycles. The molecule has 0 aromatic heterocycles. The standard InChI is InChI=1S/C20H21NO2S/c1-24(23)17-11-6-15(7-12-17)20(22)21(16-9-10-16)19-13-8-14-4-2-3-5-18(14)19/h2-7,11-12,16,19H,8-10,13H2,1H3/t19-,24+/m1/s1. The summed E-state index contributed by atoms with van der Waals surface area (Å²) in [6.07, 6.45) is 5.91. The van der Waals surface area contributed by atoms with Crippen LogP contribution in [0.3, 0.4) is 0 Å². The zero-order valence-corrected chi connectivity index (χ0v) is 14.6. The molecule has 0 spiro atoms. The Morgan fingerprint density at radius 1 is 1.04 bits per heavy atom. The van der Waals surface area contributed by atoms with Gasteiger partial charge >= 0.3 is 0 Å². The van der Waals surface area contributed by atoms with Gasteiger partial charge < -0.3 is 4.90 Å². The van der Waals surface area contributed by atoms with Gasteiger partial charge in [0.25, 0.3) is 5.91 Å². The van der Waals surface area contributed by atoms with Crippen LogP contribution in [0.2, 0.25) is 0 Å². The molecule has 0 heterocycles. The summed E-state index contributed by atoms with van der Waals surface area (Å²) in [5.74, 6) is 0.104. The van der Waals surface area contributed by atoms with Crippen molar-refractivity contribution in [1.29, 1.82) is 0 Å². The van der Waals surface area contributed by atoms with Crippen LogP contribution in [0.4, 0.5) is 0 Å².